The van der Waals surface area contributed by atoms with Gasteiger partial charge in [-0.2, -0.15) is 0 Å². The standard InChI is InChI=1S/C27H45N3O3Si2/c1-26(2,3)34(7,8)32-17-13-21-11-15-28-23(19-21)25(30-31)24-20-22(12-16-29-24)14-18-33-35(9,10)27(4,5)6/h11-12,15-16,19-20,31H,13-14,17-18H2,1-10H3. The minimum Gasteiger partial charge on any atom is -0.416 e. The lowest BCUT2D eigenvalue weighted by atomic mass is 10.1. The first kappa shape index (κ1) is 29.4. The molecule has 6 nitrogen and oxygen atoms in total. The Kier molecular flexibility index (Phi) is 9.61. The maximum absolute atomic E-state index is 9.83. The predicted octanol–water partition coefficient (Wildman–Crippen LogP) is 6.83. The second-order valence-electron chi connectivity index (χ2n) is 12.3. The van der Waals surface area contributed by atoms with Gasteiger partial charge >= 0.3 is 0 Å². The quantitative estimate of drug-likeness (QED) is 0.162. The first-order chi connectivity index (χ1) is 16.1. The molecule has 0 aliphatic carbocycles. The lowest BCUT2D eigenvalue weighted by Crippen LogP contribution is -2.41. The molecule has 0 aromatic carbocycles. The molecule has 2 aromatic heterocycles. The molecule has 0 saturated heterocycles. The van der Waals surface area contributed by atoms with Crippen LogP contribution in [0.4, 0.5) is 0 Å². The lowest BCUT2D eigenvalue weighted by Gasteiger charge is -2.36. The molecule has 0 amide bonds. The van der Waals surface area contributed by atoms with Gasteiger partial charge < -0.3 is 14.1 Å². The number of pyridine rings is 2. The van der Waals surface area contributed by atoms with Gasteiger partial charge in [-0.05, 0) is 84.5 Å². The van der Waals surface area contributed by atoms with Gasteiger partial charge in [0.15, 0.2) is 22.3 Å². The number of aromatic nitrogens is 2. The van der Waals surface area contributed by atoms with Gasteiger partial charge in [-0.1, -0.05) is 46.7 Å². The summed E-state index contributed by atoms with van der Waals surface area (Å²) in [7, 11) is -3.58. The van der Waals surface area contributed by atoms with E-state index < -0.39 is 16.6 Å². The monoisotopic (exact) mass is 515 g/mol. The van der Waals surface area contributed by atoms with Crippen molar-refractivity contribution in [2.45, 2.75) is 90.6 Å². The van der Waals surface area contributed by atoms with Crippen LogP contribution in [-0.2, 0) is 21.7 Å². The van der Waals surface area contributed by atoms with Gasteiger partial charge in [0.1, 0.15) is 0 Å². The van der Waals surface area contributed by atoms with Gasteiger partial charge in [0.05, 0.1) is 11.4 Å². The van der Waals surface area contributed by atoms with E-state index in [2.05, 4.69) is 82.9 Å². The predicted molar refractivity (Wildman–Crippen MR) is 150 cm³/mol. The highest BCUT2D eigenvalue weighted by Gasteiger charge is 2.37. The molecule has 2 heterocycles. The number of rotatable bonds is 10. The first-order valence-corrected chi connectivity index (χ1v) is 18.3. The van der Waals surface area contributed by atoms with Gasteiger partial charge in [-0.3, -0.25) is 9.97 Å². The fourth-order valence-corrected chi connectivity index (χ4v) is 5.12. The van der Waals surface area contributed by atoms with Crippen LogP contribution in [-0.4, -0.2) is 50.7 Å². The molecule has 2 rings (SSSR count). The van der Waals surface area contributed by atoms with Crippen LogP contribution in [0.15, 0.2) is 41.8 Å². The fraction of sp³-hybridized carbons (Fsp3) is 0.593. The molecular weight excluding hydrogens is 470 g/mol. The van der Waals surface area contributed by atoms with Crippen LogP contribution in [0.3, 0.4) is 0 Å². The van der Waals surface area contributed by atoms with E-state index in [9.17, 15) is 5.21 Å². The van der Waals surface area contributed by atoms with Crippen molar-refractivity contribution >= 4 is 22.3 Å². The molecule has 0 atom stereocenters. The number of hydrogen-bond acceptors (Lipinski definition) is 6. The average molecular weight is 516 g/mol. The van der Waals surface area contributed by atoms with Crippen molar-refractivity contribution in [1.29, 1.82) is 0 Å². The summed E-state index contributed by atoms with van der Waals surface area (Å²) in [5, 5.41) is 13.7. The van der Waals surface area contributed by atoms with E-state index in [1.807, 2.05) is 24.3 Å². The summed E-state index contributed by atoms with van der Waals surface area (Å²) >= 11 is 0. The van der Waals surface area contributed by atoms with Crippen LogP contribution >= 0.6 is 0 Å². The minimum atomic E-state index is -1.79. The van der Waals surface area contributed by atoms with Crippen molar-refractivity contribution in [2.75, 3.05) is 13.2 Å². The van der Waals surface area contributed by atoms with E-state index in [1.165, 1.54) is 0 Å². The molecule has 0 unspecified atom stereocenters. The fourth-order valence-electron chi connectivity index (χ4n) is 3.03. The summed E-state index contributed by atoms with van der Waals surface area (Å²) in [6.07, 6.45) is 5.05. The Morgan fingerprint density at radius 2 is 1.14 bits per heavy atom. The SMILES string of the molecule is CC(C)(C)[Si](C)(C)OCCc1ccnc(C(=NO)c2cc(CCO[Si](C)(C)C(C)(C)C)ccn2)c1. The number of oxime groups is 1. The summed E-state index contributed by atoms with van der Waals surface area (Å²) in [6.45, 7) is 23.8. The van der Waals surface area contributed by atoms with Crippen LogP contribution in [0.1, 0.15) is 64.1 Å². The smallest absolute Gasteiger partial charge is 0.191 e. The molecular formula is C27H45N3O3Si2. The van der Waals surface area contributed by atoms with E-state index in [-0.39, 0.29) is 10.1 Å². The third-order valence-corrected chi connectivity index (χ3v) is 16.6. The third-order valence-electron chi connectivity index (χ3n) is 7.55. The molecule has 1 N–H and O–H groups in total. The maximum Gasteiger partial charge on any atom is 0.191 e. The highest BCUT2D eigenvalue weighted by molar-refractivity contribution is 6.74. The van der Waals surface area contributed by atoms with E-state index in [0.29, 0.717) is 30.3 Å². The average Bonchev–Trinajstić information content (AvgIpc) is 2.73. The van der Waals surface area contributed by atoms with Crippen molar-refractivity contribution in [3.63, 3.8) is 0 Å². The normalized spacial score (nSPS) is 13.1. The molecule has 0 spiro atoms. The summed E-state index contributed by atoms with van der Waals surface area (Å²) in [5.74, 6) is 0. The van der Waals surface area contributed by atoms with Gasteiger partial charge in [0.2, 0.25) is 0 Å². The van der Waals surface area contributed by atoms with E-state index in [1.54, 1.807) is 12.4 Å². The van der Waals surface area contributed by atoms with Crippen LogP contribution < -0.4 is 0 Å². The Balaban J connectivity index is 2.09. The largest absolute Gasteiger partial charge is 0.416 e. The molecule has 0 fully saturated rings. The topological polar surface area (TPSA) is 76.8 Å². The van der Waals surface area contributed by atoms with Crippen molar-refractivity contribution in [3.05, 3.63) is 59.2 Å². The van der Waals surface area contributed by atoms with Crippen molar-refractivity contribution in [3.8, 4) is 0 Å². The zero-order chi connectivity index (χ0) is 26.5. The Morgan fingerprint density at radius 3 is 1.46 bits per heavy atom. The van der Waals surface area contributed by atoms with Gasteiger partial charge in [-0.25, -0.2) is 0 Å². The zero-order valence-electron chi connectivity index (χ0n) is 23.4. The molecule has 8 heteroatoms. The Hall–Kier alpha value is -1.88. The Bertz CT molecular complexity index is 932. The lowest BCUT2D eigenvalue weighted by molar-refractivity contribution is 0.291. The number of hydrogen-bond donors (Lipinski definition) is 1. The first-order valence-electron chi connectivity index (χ1n) is 12.5. The zero-order valence-corrected chi connectivity index (χ0v) is 25.4. The van der Waals surface area contributed by atoms with E-state index >= 15 is 0 Å². The molecule has 2 aromatic rings. The third kappa shape index (κ3) is 8.06. The summed E-state index contributed by atoms with van der Waals surface area (Å²) in [5.41, 5.74) is 3.74. The van der Waals surface area contributed by atoms with Crippen molar-refractivity contribution in [2.24, 2.45) is 5.16 Å². The second-order valence-corrected chi connectivity index (χ2v) is 21.9. The molecule has 0 bridgehead atoms. The van der Waals surface area contributed by atoms with Crippen LogP contribution in [0.5, 0.6) is 0 Å². The Morgan fingerprint density at radius 1 is 0.771 bits per heavy atom. The number of nitrogens with zero attached hydrogens (tertiary/aromatic N) is 3. The van der Waals surface area contributed by atoms with E-state index in [4.69, 9.17) is 8.85 Å². The highest BCUT2D eigenvalue weighted by atomic mass is 28.4. The van der Waals surface area contributed by atoms with E-state index in [0.717, 1.165) is 24.0 Å². The van der Waals surface area contributed by atoms with Gasteiger partial charge in [0, 0.05) is 25.6 Å². The summed E-state index contributed by atoms with van der Waals surface area (Å²) in [6, 6.07) is 7.88. The molecule has 0 aliphatic heterocycles. The highest BCUT2D eigenvalue weighted by Crippen LogP contribution is 2.37. The molecule has 35 heavy (non-hydrogen) atoms. The molecule has 194 valence electrons. The molecule has 0 aliphatic rings. The second kappa shape index (κ2) is 11.5. The Labute approximate surface area is 214 Å². The summed E-state index contributed by atoms with van der Waals surface area (Å²) < 4.78 is 12.6. The molecule has 0 saturated carbocycles. The van der Waals surface area contributed by atoms with Gasteiger partial charge in [0.25, 0.3) is 0 Å². The van der Waals surface area contributed by atoms with Crippen LogP contribution in [0.25, 0.3) is 0 Å². The summed E-state index contributed by atoms with van der Waals surface area (Å²) in [4.78, 5) is 8.90. The molecule has 0 radical (unpaired) electrons. The van der Waals surface area contributed by atoms with Gasteiger partial charge in [-0.15, -0.1) is 0 Å². The van der Waals surface area contributed by atoms with Crippen LogP contribution in [0, 0.1) is 0 Å². The van der Waals surface area contributed by atoms with Crippen molar-refractivity contribution < 1.29 is 14.1 Å². The maximum atomic E-state index is 9.83. The van der Waals surface area contributed by atoms with Crippen LogP contribution in [0.2, 0.25) is 36.3 Å². The van der Waals surface area contributed by atoms with Crippen molar-refractivity contribution in [1.82, 2.24) is 9.97 Å². The minimum absolute atomic E-state index is 0.180.